The van der Waals surface area contributed by atoms with Crippen molar-refractivity contribution in [1.29, 1.82) is 0 Å². The van der Waals surface area contributed by atoms with E-state index < -0.39 is 0 Å². The van der Waals surface area contributed by atoms with E-state index in [0.29, 0.717) is 5.70 Å². The van der Waals surface area contributed by atoms with Gasteiger partial charge in [-0.15, -0.1) is 0 Å². The molecule has 17 heavy (non-hydrogen) atoms. The van der Waals surface area contributed by atoms with Crippen molar-refractivity contribution < 1.29 is 0 Å². The molecule has 1 aromatic carbocycles. The molecule has 0 radical (unpaired) electrons. The number of allylic oxidation sites excluding steroid dienone is 3. The van der Waals surface area contributed by atoms with Crippen molar-refractivity contribution in [3.05, 3.63) is 63.7 Å². The molecule has 0 aliphatic rings. The van der Waals surface area contributed by atoms with E-state index in [1.807, 2.05) is 48.3 Å². The minimum absolute atomic E-state index is 0.592. The van der Waals surface area contributed by atoms with E-state index in [1.54, 1.807) is 0 Å². The molecule has 2 nitrogen and oxygen atoms in total. The molecule has 0 aliphatic carbocycles. The SMILES string of the molecule is C=C(/C=C(Br)\C(C)=C\Br)N=Nc1ccccc1. The number of rotatable bonds is 4. The first-order valence-electron chi connectivity index (χ1n) is 4.93. The Hall–Kier alpha value is -1.00. The monoisotopic (exact) mass is 354 g/mol. The summed E-state index contributed by atoms with van der Waals surface area (Å²) in [7, 11) is 0. The Morgan fingerprint density at radius 3 is 2.53 bits per heavy atom. The van der Waals surface area contributed by atoms with Crippen molar-refractivity contribution in [3.8, 4) is 0 Å². The number of benzene rings is 1. The quantitative estimate of drug-likeness (QED) is 0.477. The highest BCUT2D eigenvalue weighted by molar-refractivity contribution is 9.12. The van der Waals surface area contributed by atoms with Crippen LogP contribution in [0, 0.1) is 0 Å². The van der Waals surface area contributed by atoms with Crippen molar-refractivity contribution in [2.24, 2.45) is 10.2 Å². The molecule has 1 aromatic rings. The highest BCUT2D eigenvalue weighted by Gasteiger charge is 1.95. The van der Waals surface area contributed by atoms with Gasteiger partial charge >= 0.3 is 0 Å². The number of hydrogen-bond donors (Lipinski definition) is 0. The summed E-state index contributed by atoms with van der Waals surface area (Å²) >= 11 is 6.70. The largest absolute Gasteiger partial charge is 0.151 e. The summed E-state index contributed by atoms with van der Waals surface area (Å²) in [4.78, 5) is 1.83. The molecule has 0 atom stereocenters. The van der Waals surface area contributed by atoms with Crippen LogP contribution in [0.4, 0.5) is 5.69 Å². The summed E-state index contributed by atoms with van der Waals surface area (Å²) in [5.41, 5.74) is 2.46. The molecule has 0 heterocycles. The summed E-state index contributed by atoms with van der Waals surface area (Å²) in [6.45, 7) is 5.79. The second kappa shape index (κ2) is 7.35. The molecular formula is C13H12Br2N2. The van der Waals surface area contributed by atoms with Gasteiger partial charge in [0, 0.05) is 4.48 Å². The zero-order valence-corrected chi connectivity index (χ0v) is 12.6. The lowest BCUT2D eigenvalue weighted by molar-refractivity contribution is 1.18. The fourth-order valence-corrected chi connectivity index (χ4v) is 1.89. The van der Waals surface area contributed by atoms with Crippen LogP contribution in [0.2, 0.25) is 0 Å². The second-order valence-corrected chi connectivity index (χ2v) is 4.62. The molecule has 0 amide bonds. The molecule has 0 saturated heterocycles. The molecule has 0 saturated carbocycles. The normalized spacial score (nSPS) is 13.1. The molecule has 0 fully saturated rings. The van der Waals surface area contributed by atoms with Gasteiger partial charge in [-0.2, -0.15) is 10.2 Å². The van der Waals surface area contributed by atoms with Crippen LogP contribution in [0.1, 0.15) is 6.92 Å². The van der Waals surface area contributed by atoms with Gasteiger partial charge in [-0.05, 0) is 35.7 Å². The number of nitrogens with zero attached hydrogens (tertiary/aromatic N) is 2. The third kappa shape index (κ3) is 5.24. The van der Waals surface area contributed by atoms with Crippen LogP contribution in [0.25, 0.3) is 0 Å². The van der Waals surface area contributed by atoms with E-state index in [1.165, 1.54) is 0 Å². The molecule has 0 aromatic heterocycles. The Bertz CT molecular complexity index is 473. The lowest BCUT2D eigenvalue weighted by atomic mass is 10.3. The Morgan fingerprint density at radius 1 is 1.29 bits per heavy atom. The number of azo groups is 1. The highest BCUT2D eigenvalue weighted by atomic mass is 79.9. The zero-order chi connectivity index (χ0) is 12.7. The summed E-state index contributed by atoms with van der Waals surface area (Å²) in [6, 6.07) is 9.55. The van der Waals surface area contributed by atoms with E-state index in [-0.39, 0.29) is 0 Å². The van der Waals surface area contributed by atoms with E-state index in [9.17, 15) is 0 Å². The first kappa shape index (κ1) is 14.1. The van der Waals surface area contributed by atoms with Gasteiger partial charge in [0.15, 0.2) is 0 Å². The highest BCUT2D eigenvalue weighted by Crippen LogP contribution is 2.20. The molecular weight excluding hydrogens is 344 g/mol. The Morgan fingerprint density at radius 2 is 1.94 bits per heavy atom. The summed E-state index contributed by atoms with van der Waals surface area (Å²) in [5, 5.41) is 8.11. The zero-order valence-electron chi connectivity index (χ0n) is 9.40. The number of halogens is 2. The minimum Gasteiger partial charge on any atom is -0.151 e. The second-order valence-electron chi connectivity index (χ2n) is 3.31. The van der Waals surface area contributed by atoms with Gasteiger partial charge in [0.1, 0.15) is 0 Å². The lowest BCUT2D eigenvalue weighted by Crippen LogP contribution is -1.75. The fourth-order valence-electron chi connectivity index (χ4n) is 0.958. The Balaban J connectivity index is 2.71. The summed E-state index contributed by atoms with van der Waals surface area (Å²) < 4.78 is 0.923. The maximum absolute atomic E-state index is 4.07. The Labute approximate surface area is 118 Å². The summed E-state index contributed by atoms with van der Waals surface area (Å²) in [6.07, 6.45) is 1.82. The molecule has 0 bridgehead atoms. The van der Waals surface area contributed by atoms with E-state index in [4.69, 9.17) is 0 Å². The van der Waals surface area contributed by atoms with Gasteiger partial charge in [-0.3, -0.25) is 0 Å². The van der Waals surface area contributed by atoms with Crippen molar-refractivity contribution in [1.82, 2.24) is 0 Å². The molecule has 88 valence electrons. The smallest absolute Gasteiger partial charge is 0.0857 e. The van der Waals surface area contributed by atoms with Crippen molar-refractivity contribution in [2.75, 3.05) is 0 Å². The Kier molecular flexibility index (Phi) is 6.08. The van der Waals surface area contributed by atoms with E-state index in [0.717, 1.165) is 15.7 Å². The molecule has 0 spiro atoms. The maximum Gasteiger partial charge on any atom is 0.0857 e. The molecule has 0 aliphatic heterocycles. The van der Waals surface area contributed by atoms with Gasteiger partial charge in [0.05, 0.1) is 11.4 Å². The van der Waals surface area contributed by atoms with Crippen LogP contribution in [-0.2, 0) is 0 Å². The predicted molar refractivity (Wildman–Crippen MR) is 79.8 cm³/mol. The van der Waals surface area contributed by atoms with Crippen LogP contribution >= 0.6 is 31.9 Å². The van der Waals surface area contributed by atoms with Crippen molar-refractivity contribution in [2.45, 2.75) is 6.92 Å². The van der Waals surface area contributed by atoms with Gasteiger partial charge in [0.2, 0.25) is 0 Å². The molecule has 0 N–H and O–H groups in total. The minimum atomic E-state index is 0.592. The van der Waals surface area contributed by atoms with Crippen molar-refractivity contribution in [3.63, 3.8) is 0 Å². The van der Waals surface area contributed by atoms with Gasteiger partial charge < -0.3 is 0 Å². The van der Waals surface area contributed by atoms with Gasteiger partial charge in [-0.25, -0.2) is 0 Å². The third-order valence-corrected chi connectivity index (χ3v) is 3.42. The standard InChI is InChI=1S/C13H12Br2N2/c1-10(9-14)13(15)8-11(2)16-17-12-6-4-3-5-7-12/h3-9H,2H2,1H3/b10-9+,13-8+,17-16?. The summed E-state index contributed by atoms with van der Waals surface area (Å²) in [5.74, 6) is 0. The van der Waals surface area contributed by atoms with Crippen LogP contribution in [0.5, 0.6) is 0 Å². The van der Waals surface area contributed by atoms with Crippen LogP contribution in [-0.4, -0.2) is 0 Å². The van der Waals surface area contributed by atoms with Crippen LogP contribution in [0.15, 0.2) is 74.0 Å². The lowest BCUT2D eigenvalue weighted by Gasteiger charge is -1.97. The molecule has 4 heteroatoms. The first-order valence-corrected chi connectivity index (χ1v) is 6.64. The van der Waals surface area contributed by atoms with E-state index >= 15 is 0 Å². The van der Waals surface area contributed by atoms with Gasteiger partial charge in [0.25, 0.3) is 0 Å². The third-order valence-electron chi connectivity index (χ3n) is 1.88. The topological polar surface area (TPSA) is 24.7 Å². The van der Waals surface area contributed by atoms with Crippen LogP contribution in [0.3, 0.4) is 0 Å². The maximum atomic E-state index is 4.07. The molecule has 1 rings (SSSR count). The van der Waals surface area contributed by atoms with Crippen LogP contribution < -0.4 is 0 Å². The number of hydrogen-bond acceptors (Lipinski definition) is 2. The molecule has 0 unspecified atom stereocenters. The first-order chi connectivity index (χ1) is 8.13. The average Bonchev–Trinajstić information content (AvgIpc) is 2.36. The van der Waals surface area contributed by atoms with E-state index in [2.05, 4.69) is 48.7 Å². The predicted octanol–water partition coefficient (Wildman–Crippen LogP) is 5.86. The van der Waals surface area contributed by atoms with Crippen molar-refractivity contribution >= 4 is 37.5 Å². The average molecular weight is 356 g/mol. The van der Waals surface area contributed by atoms with Gasteiger partial charge in [-0.1, -0.05) is 56.6 Å². The fraction of sp³-hybridized carbons (Fsp3) is 0.0769.